The predicted molar refractivity (Wildman–Crippen MR) is 165 cm³/mol. The molecule has 2 N–H and O–H groups in total. The van der Waals surface area contributed by atoms with Crippen molar-refractivity contribution in [3.05, 3.63) is 51.3 Å². The van der Waals surface area contributed by atoms with Crippen molar-refractivity contribution in [1.29, 1.82) is 5.26 Å². The molecule has 0 saturated carbocycles. The lowest BCUT2D eigenvalue weighted by Gasteiger charge is -2.31. The maximum Gasteiger partial charge on any atom is 0.278 e. The van der Waals surface area contributed by atoms with E-state index in [9.17, 15) is 20.0 Å². The summed E-state index contributed by atoms with van der Waals surface area (Å²) in [4.78, 5) is 31.2. The smallest absolute Gasteiger partial charge is 0.278 e. The lowest BCUT2D eigenvalue weighted by molar-refractivity contribution is 0.0685. The molecule has 1 aromatic carbocycles. The quantitative estimate of drug-likeness (QED) is 0.176. The number of H-pyrrole nitrogens is 1. The molecule has 224 valence electrons. The van der Waals surface area contributed by atoms with Crippen LogP contribution in [0.3, 0.4) is 0 Å². The molecule has 8 heteroatoms. The Kier molecular flexibility index (Phi) is 14.9. The summed E-state index contributed by atoms with van der Waals surface area (Å²) >= 11 is 0. The van der Waals surface area contributed by atoms with Crippen LogP contribution in [0.5, 0.6) is 5.88 Å². The minimum Gasteiger partial charge on any atom is -0.494 e. The Labute approximate surface area is 245 Å². The summed E-state index contributed by atoms with van der Waals surface area (Å²) in [7, 11) is 0. The van der Waals surface area contributed by atoms with Gasteiger partial charge in [0, 0.05) is 18.7 Å². The molecule has 1 aromatic heterocycles. The van der Waals surface area contributed by atoms with Crippen LogP contribution >= 0.6 is 0 Å². The van der Waals surface area contributed by atoms with Crippen LogP contribution in [0.25, 0.3) is 0 Å². The van der Waals surface area contributed by atoms with Crippen LogP contribution < -0.4 is 5.56 Å². The lowest BCUT2D eigenvalue weighted by atomic mass is 9.95. The van der Waals surface area contributed by atoms with Gasteiger partial charge in [0.1, 0.15) is 11.6 Å². The van der Waals surface area contributed by atoms with E-state index < -0.39 is 11.4 Å². The molecule has 0 aliphatic rings. The van der Waals surface area contributed by atoms with Crippen molar-refractivity contribution >= 4 is 17.3 Å². The van der Waals surface area contributed by atoms with Crippen molar-refractivity contribution in [2.24, 2.45) is 22.1 Å². The summed E-state index contributed by atoms with van der Waals surface area (Å²) < 4.78 is 0. The maximum atomic E-state index is 14.1. The number of hydrogen-bond acceptors (Lipinski definition) is 6. The van der Waals surface area contributed by atoms with E-state index in [2.05, 4.69) is 42.9 Å². The zero-order chi connectivity index (χ0) is 30.2. The van der Waals surface area contributed by atoms with Gasteiger partial charge in [-0.05, 0) is 49.7 Å². The van der Waals surface area contributed by atoms with E-state index in [0.717, 1.165) is 64.2 Å². The summed E-state index contributed by atoms with van der Waals surface area (Å²) in [5.41, 5.74) is 0.551. The van der Waals surface area contributed by atoms with Gasteiger partial charge in [-0.2, -0.15) is 5.26 Å². The van der Waals surface area contributed by atoms with Crippen LogP contribution in [0.2, 0.25) is 0 Å². The number of carbonyl (C=O) groups is 1. The monoisotopic (exact) mass is 563 g/mol. The Bertz CT molecular complexity index is 1210. The zero-order valence-corrected chi connectivity index (χ0v) is 25.7. The molecule has 0 aliphatic carbocycles. The van der Waals surface area contributed by atoms with Gasteiger partial charge < -0.3 is 10.0 Å². The minimum atomic E-state index is -0.620. The highest BCUT2D eigenvalue weighted by atomic mass is 16.3. The number of carbonyl (C=O) groups excluding carboxylic acids is 1. The summed E-state index contributed by atoms with van der Waals surface area (Å²) in [6.07, 6.45) is 10.7. The van der Waals surface area contributed by atoms with E-state index >= 15 is 0 Å². The summed E-state index contributed by atoms with van der Waals surface area (Å²) in [6, 6.07) is 9.08. The minimum absolute atomic E-state index is 0.00194. The van der Waals surface area contributed by atoms with E-state index in [-0.39, 0.29) is 17.2 Å². The van der Waals surface area contributed by atoms with Gasteiger partial charge in [0.25, 0.3) is 11.5 Å². The first kappa shape index (κ1) is 33.7. The summed E-state index contributed by atoms with van der Waals surface area (Å²) in [5, 5.41) is 28.4. The lowest BCUT2D eigenvalue weighted by Crippen LogP contribution is -2.39. The fourth-order valence-electron chi connectivity index (χ4n) is 5.16. The van der Waals surface area contributed by atoms with Crippen LogP contribution in [-0.2, 0) is 6.42 Å². The third-order valence-electron chi connectivity index (χ3n) is 7.89. The van der Waals surface area contributed by atoms with Crippen LogP contribution in [-0.4, -0.2) is 34.0 Å². The first-order chi connectivity index (χ1) is 19.8. The number of aromatic nitrogens is 1. The van der Waals surface area contributed by atoms with Gasteiger partial charge in [-0.1, -0.05) is 91.7 Å². The molecular formula is C33H49N5O3. The zero-order valence-electron chi connectivity index (χ0n) is 25.7. The van der Waals surface area contributed by atoms with Gasteiger partial charge in [-0.15, -0.1) is 10.2 Å². The Morgan fingerprint density at radius 2 is 1.54 bits per heavy atom. The molecule has 1 amide bonds. The number of rotatable bonds is 18. The fraction of sp³-hybridized carbons (Fsp3) is 0.606. The molecule has 0 aliphatic heterocycles. The second-order valence-corrected chi connectivity index (χ2v) is 11.0. The number of nitriles is 1. The number of nitrogens with zero attached hydrogens (tertiary/aromatic N) is 4. The molecule has 2 unspecified atom stereocenters. The number of benzene rings is 1. The molecule has 2 atom stereocenters. The van der Waals surface area contributed by atoms with Gasteiger partial charge >= 0.3 is 0 Å². The number of hydrogen-bond donors (Lipinski definition) is 2. The Morgan fingerprint density at radius 1 is 0.951 bits per heavy atom. The second-order valence-electron chi connectivity index (χ2n) is 11.0. The number of aromatic hydroxyl groups is 1. The standard InChI is InChI=1S/C33H49N5O3/c1-6-11-16-24(9-4)22-38(23-25(10-5)17-12-7-2)33(41)27-19-14-15-20-29(27)36-37-30-26(18-13-8-3)28(21-34)31(39)35-32(30)40/h14-15,19-20,24-25H,6-13,16-18,22-23H2,1-5H3,(H2,35,39,40). The number of azo groups is 1. The normalized spacial score (nSPS) is 12.8. The first-order valence-corrected chi connectivity index (χ1v) is 15.5. The van der Waals surface area contributed by atoms with E-state index in [0.29, 0.717) is 48.2 Å². The summed E-state index contributed by atoms with van der Waals surface area (Å²) in [5.74, 6) is 0.318. The molecule has 0 fully saturated rings. The van der Waals surface area contributed by atoms with Gasteiger partial charge in [0.05, 0.1) is 11.3 Å². The maximum absolute atomic E-state index is 14.1. The van der Waals surface area contributed by atoms with E-state index in [4.69, 9.17) is 0 Å². The average Bonchev–Trinajstić information content (AvgIpc) is 2.98. The Morgan fingerprint density at radius 3 is 2.07 bits per heavy atom. The first-order valence-electron chi connectivity index (χ1n) is 15.5. The highest BCUT2D eigenvalue weighted by Gasteiger charge is 2.24. The SMILES string of the molecule is CCCCc1c(C#N)c(O)[nH]c(=O)c1N=Nc1ccccc1C(=O)N(CC(CC)CCCC)CC(CC)CCCC. The number of pyridine rings is 1. The summed E-state index contributed by atoms with van der Waals surface area (Å²) in [6.45, 7) is 12.2. The Hall–Kier alpha value is -3.47. The van der Waals surface area contributed by atoms with Gasteiger partial charge in [0.2, 0.25) is 5.88 Å². The number of unbranched alkanes of at least 4 members (excludes halogenated alkanes) is 3. The molecule has 41 heavy (non-hydrogen) atoms. The number of aromatic amines is 1. The second kappa shape index (κ2) is 18.1. The van der Waals surface area contributed by atoms with Gasteiger partial charge in [-0.25, -0.2) is 0 Å². The predicted octanol–water partition coefficient (Wildman–Crippen LogP) is 8.59. The topological polar surface area (TPSA) is 122 Å². The molecule has 1 heterocycles. The number of nitrogens with one attached hydrogen (secondary N) is 1. The molecule has 2 aromatic rings. The van der Waals surface area contributed by atoms with Gasteiger partial charge in [-0.3, -0.25) is 14.6 Å². The van der Waals surface area contributed by atoms with Crippen molar-refractivity contribution < 1.29 is 9.90 Å². The molecular weight excluding hydrogens is 514 g/mol. The molecule has 2 rings (SSSR count). The van der Waals surface area contributed by atoms with E-state index in [1.165, 1.54) is 0 Å². The third kappa shape index (κ3) is 9.84. The molecule has 0 bridgehead atoms. The van der Waals surface area contributed by atoms with E-state index in [1.807, 2.05) is 24.0 Å². The van der Waals surface area contributed by atoms with E-state index in [1.54, 1.807) is 18.2 Å². The van der Waals surface area contributed by atoms with Crippen molar-refractivity contribution in [2.75, 3.05) is 13.1 Å². The van der Waals surface area contributed by atoms with Crippen molar-refractivity contribution in [2.45, 2.75) is 105 Å². The highest BCUT2D eigenvalue weighted by molar-refractivity contribution is 5.99. The molecule has 0 spiro atoms. The highest BCUT2D eigenvalue weighted by Crippen LogP contribution is 2.29. The van der Waals surface area contributed by atoms with Crippen LogP contribution in [0, 0.1) is 23.2 Å². The molecule has 0 saturated heterocycles. The van der Waals surface area contributed by atoms with Crippen molar-refractivity contribution in [3.63, 3.8) is 0 Å². The fourth-order valence-corrected chi connectivity index (χ4v) is 5.16. The molecule has 0 radical (unpaired) electrons. The van der Waals surface area contributed by atoms with Crippen molar-refractivity contribution in [3.8, 4) is 11.9 Å². The third-order valence-corrected chi connectivity index (χ3v) is 7.89. The average molecular weight is 564 g/mol. The largest absolute Gasteiger partial charge is 0.494 e. The van der Waals surface area contributed by atoms with Crippen LogP contribution in [0.1, 0.15) is 120 Å². The van der Waals surface area contributed by atoms with Crippen molar-refractivity contribution in [1.82, 2.24) is 9.88 Å². The van der Waals surface area contributed by atoms with Gasteiger partial charge in [0.15, 0.2) is 5.69 Å². The molecule has 8 nitrogen and oxygen atoms in total. The van der Waals surface area contributed by atoms with Crippen LogP contribution in [0.4, 0.5) is 11.4 Å². The number of amides is 1. The Balaban J connectivity index is 2.51. The van der Waals surface area contributed by atoms with Crippen LogP contribution in [0.15, 0.2) is 39.3 Å².